The van der Waals surface area contributed by atoms with Crippen LogP contribution < -0.4 is 20.5 Å². The molecule has 2 rings (SSSR count). The van der Waals surface area contributed by atoms with Gasteiger partial charge in [0.05, 0.1) is 25.6 Å². The lowest BCUT2D eigenvalue weighted by Crippen LogP contribution is -2.07. The fraction of sp³-hybridized carbons (Fsp3) is 0.294. The van der Waals surface area contributed by atoms with Crippen molar-refractivity contribution in [3.8, 4) is 11.5 Å². The summed E-state index contributed by atoms with van der Waals surface area (Å²) in [7, 11) is 3.28. The summed E-state index contributed by atoms with van der Waals surface area (Å²) < 4.78 is 10.5. The molecule has 0 aliphatic rings. The zero-order chi connectivity index (χ0) is 15.2. The molecule has 0 unspecified atom stereocenters. The fourth-order valence-electron chi connectivity index (χ4n) is 2.20. The summed E-state index contributed by atoms with van der Waals surface area (Å²) in [6.45, 7) is 2.86. The highest BCUT2D eigenvalue weighted by atomic mass is 16.5. The van der Waals surface area contributed by atoms with Gasteiger partial charge in [-0.2, -0.15) is 0 Å². The number of benzene rings is 2. The van der Waals surface area contributed by atoms with Crippen LogP contribution in [0.15, 0.2) is 36.4 Å². The van der Waals surface area contributed by atoms with Gasteiger partial charge in [-0.05, 0) is 48.7 Å². The van der Waals surface area contributed by atoms with Gasteiger partial charge in [-0.3, -0.25) is 0 Å². The largest absolute Gasteiger partial charge is 0.493 e. The van der Waals surface area contributed by atoms with Gasteiger partial charge < -0.3 is 20.5 Å². The molecule has 0 heterocycles. The lowest BCUT2D eigenvalue weighted by Gasteiger charge is -2.12. The Hall–Kier alpha value is -2.36. The third-order valence-electron chi connectivity index (χ3n) is 3.39. The van der Waals surface area contributed by atoms with Gasteiger partial charge in [-0.25, -0.2) is 0 Å². The van der Waals surface area contributed by atoms with Gasteiger partial charge in [0.25, 0.3) is 0 Å². The number of nitrogens with one attached hydrogen (secondary N) is 1. The lowest BCUT2D eigenvalue weighted by molar-refractivity contribution is 0.354. The van der Waals surface area contributed by atoms with Crippen LogP contribution in [0.25, 0.3) is 0 Å². The summed E-state index contributed by atoms with van der Waals surface area (Å²) in [6.07, 6.45) is 0.883. The zero-order valence-electron chi connectivity index (χ0n) is 12.8. The molecular weight excluding hydrogens is 264 g/mol. The summed E-state index contributed by atoms with van der Waals surface area (Å²) in [4.78, 5) is 0. The Balaban J connectivity index is 1.98. The molecule has 4 nitrogen and oxygen atoms in total. The van der Waals surface area contributed by atoms with E-state index < -0.39 is 0 Å². The van der Waals surface area contributed by atoms with Crippen LogP contribution in [-0.2, 0) is 6.42 Å². The molecule has 0 radical (unpaired) electrons. The smallest absolute Gasteiger partial charge is 0.160 e. The van der Waals surface area contributed by atoms with Crippen LogP contribution in [0.1, 0.15) is 11.1 Å². The average Bonchev–Trinajstić information content (AvgIpc) is 2.50. The van der Waals surface area contributed by atoms with E-state index in [0.29, 0.717) is 0 Å². The molecule has 112 valence electrons. The topological polar surface area (TPSA) is 56.5 Å². The number of ether oxygens (including phenoxy) is 2. The molecule has 0 atom stereocenters. The van der Waals surface area contributed by atoms with E-state index in [1.165, 1.54) is 11.1 Å². The maximum atomic E-state index is 5.95. The molecule has 0 bridgehead atoms. The summed E-state index contributed by atoms with van der Waals surface area (Å²) in [5, 5.41) is 3.37. The van der Waals surface area contributed by atoms with Crippen molar-refractivity contribution in [3.05, 3.63) is 47.5 Å². The van der Waals surface area contributed by atoms with Crippen molar-refractivity contribution >= 4 is 11.4 Å². The van der Waals surface area contributed by atoms with Crippen molar-refractivity contribution in [2.24, 2.45) is 0 Å². The molecule has 3 N–H and O–H groups in total. The van der Waals surface area contributed by atoms with Crippen molar-refractivity contribution in [1.82, 2.24) is 0 Å². The molecule has 0 fully saturated rings. The predicted octanol–water partition coefficient (Wildman–Crippen LogP) is 3.25. The first-order valence-electron chi connectivity index (χ1n) is 6.95. The molecule has 0 aromatic heterocycles. The van der Waals surface area contributed by atoms with Gasteiger partial charge in [0, 0.05) is 6.54 Å². The molecule has 21 heavy (non-hydrogen) atoms. The van der Waals surface area contributed by atoms with Gasteiger partial charge in [0.1, 0.15) is 0 Å². The van der Waals surface area contributed by atoms with Crippen molar-refractivity contribution < 1.29 is 9.47 Å². The Labute approximate surface area is 125 Å². The van der Waals surface area contributed by atoms with Crippen LogP contribution in [0.4, 0.5) is 11.4 Å². The molecule has 0 spiro atoms. The molecular formula is C17H22N2O2. The Bertz CT molecular complexity index is 612. The second kappa shape index (κ2) is 6.88. The quantitative estimate of drug-likeness (QED) is 0.800. The van der Waals surface area contributed by atoms with Crippen LogP contribution in [0.3, 0.4) is 0 Å². The van der Waals surface area contributed by atoms with Crippen molar-refractivity contribution in [3.63, 3.8) is 0 Å². The van der Waals surface area contributed by atoms with E-state index in [1.54, 1.807) is 14.2 Å². The van der Waals surface area contributed by atoms with Gasteiger partial charge in [0.15, 0.2) is 11.5 Å². The Morgan fingerprint density at radius 3 is 2.48 bits per heavy atom. The highest BCUT2D eigenvalue weighted by Crippen LogP contribution is 2.27. The minimum Gasteiger partial charge on any atom is -0.493 e. The summed E-state index contributed by atoms with van der Waals surface area (Å²) in [5.74, 6) is 1.50. The maximum Gasteiger partial charge on any atom is 0.160 e. The number of hydrogen-bond donors (Lipinski definition) is 2. The number of methoxy groups -OCH3 is 2. The number of nitrogen functional groups attached to an aromatic ring is 1. The van der Waals surface area contributed by atoms with Crippen molar-refractivity contribution in [2.75, 3.05) is 31.8 Å². The predicted molar refractivity (Wildman–Crippen MR) is 87.3 cm³/mol. The van der Waals surface area contributed by atoms with Crippen LogP contribution >= 0.6 is 0 Å². The van der Waals surface area contributed by atoms with Gasteiger partial charge in [0.2, 0.25) is 0 Å². The number of aryl methyl sites for hydroxylation is 1. The van der Waals surface area contributed by atoms with Crippen molar-refractivity contribution in [2.45, 2.75) is 13.3 Å². The van der Waals surface area contributed by atoms with Crippen molar-refractivity contribution in [1.29, 1.82) is 0 Å². The number of anilines is 2. The Kier molecular flexibility index (Phi) is 4.93. The standard InChI is InChI=1S/C17H22N2O2/c1-12-4-6-14(18)15(10-12)19-9-8-13-5-7-16(20-2)17(11-13)21-3/h4-7,10-11,19H,8-9,18H2,1-3H3. The van der Waals surface area contributed by atoms with Gasteiger partial charge in [-0.1, -0.05) is 12.1 Å². The van der Waals surface area contributed by atoms with E-state index in [9.17, 15) is 0 Å². The molecule has 2 aromatic carbocycles. The number of nitrogens with two attached hydrogens (primary N) is 1. The van der Waals surface area contributed by atoms with Gasteiger partial charge >= 0.3 is 0 Å². The zero-order valence-corrected chi connectivity index (χ0v) is 12.8. The van der Waals surface area contributed by atoms with Gasteiger partial charge in [-0.15, -0.1) is 0 Å². The van der Waals surface area contributed by atoms with Crippen LogP contribution in [0.2, 0.25) is 0 Å². The number of rotatable bonds is 6. The van der Waals surface area contributed by atoms with Crippen LogP contribution in [0.5, 0.6) is 11.5 Å². The van der Waals surface area contributed by atoms with E-state index in [-0.39, 0.29) is 0 Å². The molecule has 0 amide bonds. The second-order valence-electron chi connectivity index (χ2n) is 4.96. The molecule has 0 saturated carbocycles. The molecule has 0 aliphatic heterocycles. The van der Waals surface area contributed by atoms with E-state index >= 15 is 0 Å². The fourth-order valence-corrected chi connectivity index (χ4v) is 2.20. The van der Waals surface area contributed by atoms with E-state index in [4.69, 9.17) is 15.2 Å². The minimum absolute atomic E-state index is 0.747. The molecule has 4 heteroatoms. The third kappa shape index (κ3) is 3.81. The summed E-state index contributed by atoms with van der Waals surface area (Å²) >= 11 is 0. The highest BCUT2D eigenvalue weighted by Gasteiger charge is 2.05. The highest BCUT2D eigenvalue weighted by molar-refractivity contribution is 5.66. The summed E-state index contributed by atoms with van der Waals surface area (Å²) in [6, 6.07) is 12.0. The first-order chi connectivity index (χ1) is 10.1. The molecule has 0 saturated heterocycles. The second-order valence-corrected chi connectivity index (χ2v) is 4.96. The average molecular weight is 286 g/mol. The Morgan fingerprint density at radius 1 is 1.00 bits per heavy atom. The molecule has 2 aromatic rings. The number of hydrogen-bond acceptors (Lipinski definition) is 4. The Morgan fingerprint density at radius 2 is 1.76 bits per heavy atom. The summed E-state index contributed by atoms with van der Waals surface area (Å²) in [5.41, 5.74) is 10.1. The maximum absolute atomic E-state index is 5.95. The minimum atomic E-state index is 0.747. The first-order valence-corrected chi connectivity index (χ1v) is 6.95. The SMILES string of the molecule is COc1ccc(CCNc2cc(C)ccc2N)cc1OC. The van der Waals surface area contributed by atoms with E-state index in [0.717, 1.165) is 35.8 Å². The van der Waals surface area contributed by atoms with Crippen LogP contribution in [0, 0.1) is 6.92 Å². The molecule has 0 aliphatic carbocycles. The monoisotopic (exact) mass is 286 g/mol. The normalized spacial score (nSPS) is 10.2. The lowest BCUT2D eigenvalue weighted by atomic mass is 10.1. The third-order valence-corrected chi connectivity index (χ3v) is 3.39. The first kappa shape index (κ1) is 15.0. The van der Waals surface area contributed by atoms with E-state index in [1.807, 2.05) is 30.3 Å². The van der Waals surface area contributed by atoms with E-state index in [2.05, 4.69) is 18.3 Å². The van der Waals surface area contributed by atoms with Crippen LogP contribution in [-0.4, -0.2) is 20.8 Å².